The highest BCUT2D eigenvalue weighted by Crippen LogP contribution is 2.29. The molecular formula is C14H24N2. The summed E-state index contributed by atoms with van der Waals surface area (Å²) in [5.41, 5.74) is 1.41. The van der Waals surface area contributed by atoms with Crippen molar-refractivity contribution in [3.63, 3.8) is 0 Å². The van der Waals surface area contributed by atoms with Gasteiger partial charge in [-0.1, -0.05) is 13.3 Å². The minimum Gasteiger partial charge on any atom is -0.354 e. The molecular weight excluding hydrogens is 196 g/mol. The first kappa shape index (κ1) is 11.7. The third-order valence-electron chi connectivity index (χ3n) is 3.74. The molecule has 0 radical (unpaired) electrons. The lowest BCUT2D eigenvalue weighted by Crippen LogP contribution is -2.20. The van der Waals surface area contributed by atoms with E-state index in [0.717, 1.165) is 24.9 Å². The molecule has 2 atom stereocenters. The fraction of sp³-hybridized carbons (Fsp3) is 0.714. The number of aromatic nitrogens is 1. The minimum atomic E-state index is 0.920. The Bertz CT molecular complexity index is 316. The third-order valence-corrected chi connectivity index (χ3v) is 3.74. The van der Waals surface area contributed by atoms with Gasteiger partial charge >= 0.3 is 0 Å². The SMILES string of the molecule is CCn1ccc(CNCC2CCC(C)C2)c1. The monoisotopic (exact) mass is 220 g/mol. The molecule has 2 heteroatoms. The summed E-state index contributed by atoms with van der Waals surface area (Å²) in [6.45, 7) is 7.85. The van der Waals surface area contributed by atoms with Crippen molar-refractivity contribution in [2.24, 2.45) is 11.8 Å². The first-order valence-electron chi connectivity index (χ1n) is 6.63. The average Bonchev–Trinajstić information content (AvgIpc) is 2.88. The summed E-state index contributed by atoms with van der Waals surface area (Å²) in [6, 6.07) is 2.22. The van der Waals surface area contributed by atoms with Gasteiger partial charge in [0.2, 0.25) is 0 Å². The zero-order valence-electron chi connectivity index (χ0n) is 10.6. The van der Waals surface area contributed by atoms with E-state index in [2.05, 4.69) is 42.2 Å². The zero-order chi connectivity index (χ0) is 11.4. The molecule has 0 amide bonds. The van der Waals surface area contributed by atoms with Crippen LogP contribution in [0.1, 0.15) is 38.7 Å². The summed E-state index contributed by atoms with van der Waals surface area (Å²) in [4.78, 5) is 0. The van der Waals surface area contributed by atoms with Crippen molar-refractivity contribution >= 4 is 0 Å². The zero-order valence-corrected chi connectivity index (χ0v) is 10.6. The largest absolute Gasteiger partial charge is 0.354 e. The Labute approximate surface area is 99.0 Å². The van der Waals surface area contributed by atoms with E-state index in [1.807, 2.05) is 0 Å². The van der Waals surface area contributed by atoms with Crippen molar-refractivity contribution in [3.05, 3.63) is 24.0 Å². The van der Waals surface area contributed by atoms with E-state index >= 15 is 0 Å². The van der Waals surface area contributed by atoms with Gasteiger partial charge in [-0.2, -0.15) is 0 Å². The Balaban J connectivity index is 1.67. The highest BCUT2D eigenvalue weighted by Gasteiger charge is 2.20. The molecule has 1 aliphatic carbocycles. The molecule has 2 nitrogen and oxygen atoms in total. The molecule has 0 spiro atoms. The van der Waals surface area contributed by atoms with E-state index < -0.39 is 0 Å². The summed E-state index contributed by atoms with van der Waals surface area (Å²) < 4.78 is 2.23. The molecule has 1 saturated carbocycles. The first-order valence-corrected chi connectivity index (χ1v) is 6.63. The van der Waals surface area contributed by atoms with Crippen LogP contribution in [0, 0.1) is 11.8 Å². The third kappa shape index (κ3) is 3.11. The van der Waals surface area contributed by atoms with Gasteiger partial charge < -0.3 is 9.88 Å². The molecule has 1 heterocycles. The summed E-state index contributed by atoms with van der Waals surface area (Å²) in [5.74, 6) is 1.87. The molecule has 0 aliphatic heterocycles. The van der Waals surface area contributed by atoms with E-state index in [0.29, 0.717) is 0 Å². The van der Waals surface area contributed by atoms with E-state index in [1.54, 1.807) is 0 Å². The molecule has 2 unspecified atom stereocenters. The van der Waals surface area contributed by atoms with E-state index in [-0.39, 0.29) is 0 Å². The number of aryl methyl sites for hydroxylation is 1. The highest BCUT2D eigenvalue weighted by molar-refractivity contribution is 5.09. The van der Waals surface area contributed by atoms with Gasteiger partial charge in [0.05, 0.1) is 0 Å². The normalized spacial score (nSPS) is 25.1. The van der Waals surface area contributed by atoms with E-state index in [4.69, 9.17) is 0 Å². The molecule has 0 saturated heterocycles. The average molecular weight is 220 g/mol. The lowest BCUT2D eigenvalue weighted by molar-refractivity contribution is 0.470. The predicted octanol–water partition coefficient (Wildman–Crippen LogP) is 3.03. The van der Waals surface area contributed by atoms with Crippen LogP contribution in [-0.4, -0.2) is 11.1 Å². The topological polar surface area (TPSA) is 17.0 Å². The van der Waals surface area contributed by atoms with Crippen molar-refractivity contribution < 1.29 is 0 Å². The first-order chi connectivity index (χ1) is 7.78. The van der Waals surface area contributed by atoms with Gasteiger partial charge in [0.15, 0.2) is 0 Å². The Morgan fingerprint density at radius 1 is 1.44 bits per heavy atom. The van der Waals surface area contributed by atoms with Crippen LogP contribution < -0.4 is 5.32 Å². The maximum absolute atomic E-state index is 3.59. The van der Waals surface area contributed by atoms with Crippen LogP contribution in [0.15, 0.2) is 18.5 Å². The quantitative estimate of drug-likeness (QED) is 0.807. The van der Waals surface area contributed by atoms with E-state index in [9.17, 15) is 0 Å². The van der Waals surface area contributed by atoms with Crippen molar-refractivity contribution in [1.82, 2.24) is 9.88 Å². The van der Waals surface area contributed by atoms with Gasteiger partial charge in [-0.15, -0.1) is 0 Å². The number of rotatable bonds is 5. The fourth-order valence-corrected chi connectivity index (χ4v) is 2.72. The standard InChI is InChI=1S/C14H24N2/c1-3-16-7-6-14(11-16)10-15-9-13-5-4-12(2)8-13/h6-7,11-13,15H,3-5,8-10H2,1-2H3. The molecule has 0 aromatic carbocycles. The highest BCUT2D eigenvalue weighted by atomic mass is 14.9. The van der Waals surface area contributed by atoms with Crippen LogP contribution in [-0.2, 0) is 13.1 Å². The second-order valence-corrected chi connectivity index (χ2v) is 5.27. The molecule has 1 aromatic heterocycles. The number of nitrogens with zero attached hydrogens (tertiary/aromatic N) is 1. The lowest BCUT2D eigenvalue weighted by Gasteiger charge is -2.10. The summed E-state index contributed by atoms with van der Waals surface area (Å²) in [6.07, 6.45) is 8.67. The Morgan fingerprint density at radius 3 is 2.94 bits per heavy atom. The van der Waals surface area contributed by atoms with Gasteiger partial charge in [0, 0.05) is 25.5 Å². The van der Waals surface area contributed by atoms with Crippen molar-refractivity contribution in [2.75, 3.05) is 6.54 Å². The molecule has 2 rings (SSSR count). The van der Waals surface area contributed by atoms with Crippen molar-refractivity contribution in [1.29, 1.82) is 0 Å². The Kier molecular flexibility index (Phi) is 4.05. The summed E-state index contributed by atoms with van der Waals surface area (Å²) >= 11 is 0. The minimum absolute atomic E-state index is 0.920. The van der Waals surface area contributed by atoms with Crippen LogP contribution in [0.5, 0.6) is 0 Å². The Morgan fingerprint density at radius 2 is 2.31 bits per heavy atom. The summed E-state index contributed by atoms with van der Waals surface area (Å²) in [7, 11) is 0. The van der Waals surface area contributed by atoms with E-state index in [1.165, 1.54) is 31.4 Å². The smallest absolute Gasteiger partial charge is 0.0220 e. The molecule has 16 heavy (non-hydrogen) atoms. The molecule has 90 valence electrons. The Hall–Kier alpha value is -0.760. The fourth-order valence-electron chi connectivity index (χ4n) is 2.72. The van der Waals surface area contributed by atoms with Crippen LogP contribution in [0.2, 0.25) is 0 Å². The van der Waals surface area contributed by atoms with Crippen LogP contribution in [0.4, 0.5) is 0 Å². The number of hydrogen-bond acceptors (Lipinski definition) is 1. The maximum atomic E-state index is 3.59. The van der Waals surface area contributed by atoms with Gasteiger partial charge in [-0.05, 0) is 49.8 Å². The maximum Gasteiger partial charge on any atom is 0.0220 e. The number of nitrogens with one attached hydrogen (secondary N) is 1. The van der Waals surface area contributed by atoms with Gasteiger partial charge in [-0.25, -0.2) is 0 Å². The number of hydrogen-bond donors (Lipinski definition) is 1. The second kappa shape index (κ2) is 5.53. The van der Waals surface area contributed by atoms with Crippen molar-refractivity contribution in [2.45, 2.75) is 46.2 Å². The lowest BCUT2D eigenvalue weighted by atomic mass is 10.1. The second-order valence-electron chi connectivity index (χ2n) is 5.27. The molecule has 0 bridgehead atoms. The predicted molar refractivity (Wildman–Crippen MR) is 68.3 cm³/mol. The van der Waals surface area contributed by atoms with Crippen LogP contribution in [0.3, 0.4) is 0 Å². The van der Waals surface area contributed by atoms with Gasteiger partial charge in [0.1, 0.15) is 0 Å². The van der Waals surface area contributed by atoms with Crippen molar-refractivity contribution in [3.8, 4) is 0 Å². The van der Waals surface area contributed by atoms with Gasteiger partial charge in [-0.3, -0.25) is 0 Å². The molecule has 1 aliphatic rings. The molecule has 1 fully saturated rings. The molecule has 1 N–H and O–H groups in total. The van der Waals surface area contributed by atoms with Crippen LogP contribution in [0.25, 0.3) is 0 Å². The van der Waals surface area contributed by atoms with Gasteiger partial charge in [0.25, 0.3) is 0 Å². The summed E-state index contributed by atoms with van der Waals surface area (Å²) in [5, 5.41) is 3.59. The molecule has 1 aromatic rings. The van der Waals surface area contributed by atoms with Crippen LogP contribution >= 0.6 is 0 Å².